The predicted octanol–water partition coefficient (Wildman–Crippen LogP) is -0.599. The number of nitriles is 1. The fourth-order valence-corrected chi connectivity index (χ4v) is 12.6. The van der Waals surface area contributed by atoms with Crippen molar-refractivity contribution in [3.8, 4) is 6.07 Å². The number of methoxy groups -OCH3 is 1. The number of hydrogen-bond donors (Lipinski definition) is 12. The molecule has 0 bridgehead atoms. The summed E-state index contributed by atoms with van der Waals surface area (Å²) in [6, 6.07) is 52.3. The van der Waals surface area contributed by atoms with Crippen molar-refractivity contribution in [1.29, 1.82) is 10.5 Å². The molecule has 6 aliphatic carbocycles. The molecular weight excluding hydrogens is 2000 g/mol. The molecule has 41 nitrogen and oxygen atoms in total. The molecule has 7 amide bonds. The van der Waals surface area contributed by atoms with Crippen LogP contribution in [0.3, 0.4) is 0 Å². The number of ketones is 1. The van der Waals surface area contributed by atoms with Gasteiger partial charge in [-0.05, 0) is 114 Å². The van der Waals surface area contributed by atoms with Gasteiger partial charge < -0.3 is 123 Å². The number of aldehydes is 1. The number of Topliss-reactive ketones (excluding diaryl/α,β-unsaturated/α-hetero) is 1. The Labute approximate surface area is 946 Å². The summed E-state index contributed by atoms with van der Waals surface area (Å²) < 4.78 is 104. The molecule has 0 spiro atoms. The average molecular weight is 2120 g/mol. The maximum Gasteiger partial charge on any atom is -0.870 e. The van der Waals surface area contributed by atoms with Crippen LogP contribution in [-0.2, 0) is 130 Å². The summed E-state index contributed by atoms with van der Waals surface area (Å²) in [4.78, 5) is 138. The van der Waals surface area contributed by atoms with Crippen LogP contribution in [0.4, 0.5) is 28.8 Å². The first-order valence-corrected chi connectivity index (χ1v) is 56.1. The van der Waals surface area contributed by atoms with Gasteiger partial charge in [-0.3, -0.25) is 14.4 Å². The number of rotatable bonds is 39. The molecule has 6 saturated carbocycles. The molecule has 6 aromatic carbocycles. The zero-order valence-corrected chi connectivity index (χ0v) is 92.9. The number of likely N-dealkylation sites (N-methyl/N-ethyl adjacent to an activating group) is 1. The number of ether oxygens (including phenoxy) is 7. The minimum atomic E-state index is -5.09. The molecule has 0 radical (unpaired) electrons. The smallest absolute Gasteiger partial charge is 0.870 e. The van der Waals surface area contributed by atoms with Gasteiger partial charge >= 0.3 is 210 Å². The van der Waals surface area contributed by atoms with Crippen LogP contribution < -0.4 is 143 Å². The van der Waals surface area contributed by atoms with E-state index >= 15 is 0 Å². The number of nitrogens with two attached hydrogens (primary N) is 1. The van der Waals surface area contributed by atoms with Gasteiger partial charge in [-0.2, -0.15) is 22.1 Å². The summed E-state index contributed by atoms with van der Waals surface area (Å²) in [6.07, 6.45) is 7.71. The third-order valence-corrected chi connectivity index (χ3v) is 22.0. The Morgan fingerprint density at radius 1 is 0.455 bits per heavy atom. The van der Waals surface area contributed by atoms with E-state index in [0.29, 0.717) is 55.3 Å². The van der Waals surface area contributed by atoms with E-state index < -0.39 is 149 Å². The molecule has 14 N–H and O–H groups in total. The number of carboxylic acid groups (broad SMARTS) is 1. The van der Waals surface area contributed by atoms with Gasteiger partial charge in [0.05, 0.1) is 31.3 Å². The number of hydrogen-bond acceptors (Lipinski definition) is 33. The first kappa shape index (κ1) is 141. The van der Waals surface area contributed by atoms with E-state index in [2.05, 4.69) is 47.7 Å². The second-order valence-electron chi connectivity index (χ2n) is 31.4. The average Bonchev–Trinajstić information content (AvgIpc) is 1.34. The van der Waals surface area contributed by atoms with Gasteiger partial charge in [0.15, 0.2) is 28.4 Å². The summed E-state index contributed by atoms with van der Waals surface area (Å²) in [5.41, 5.74) is 9.63. The second kappa shape index (κ2) is 82.2. The minimum absolute atomic E-state index is 0. The van der Waals surface area contributed by atoms with Crippen LogP contribution in [0.5, 0.6) is 0 Å². The number of aliphatic hydroxyl groups excluding tert-OH is 3. The van der Waals surface area contributed by atoms with Crippen molar-refractivity contribution in [3.05, 3.63) is 222 Å². The monoisotopic (exact) mass is 2120 g/mol. The van der Waals surface area contributed by atoms with E-state index in [1.54, 1.807) is 30.3 Å². The Balaban J connectivity index is -0.000000786. The van der Waals surface area contributed by atoms with Gasteiger partial charge in [0.1, 0.15) is 64.1 Å². The van der Waals surface area contributed by atoms with E-state index in [-0.39, 0.29) is 177 Å². The van der Waals surface area contributed by atoms with Crippen molar-refractivity contribution in [3.63, 3.8) is 0 Å². The molecule has 0 aromatic heterocycles. The Morgan fingerprint density at radius 2 is 0.685 bits per heavy atom. The topological polar surface area (TPSA) is 664 Å². The number of alkyl carbamates (subject to hydrolysis) is 6. The number of esters is 1. The number of amides is 7. The quantitative estimate of drug-likeness (QED) is 0.00436. The molecule has 9 atom stereocenters. The molecule has 0 aliphatic heterocycles. The first-order valence-electron chi connectivity index (χ1n) is 44.0. The summed E-state index contributed by atoms with van der Waals surface area (Å²) >= 11 is 2.89. The van der Waals surface area contributed by atoms with Gasteiger partial charge in [0.2, 0.25) is 0 Å². The fourth-order valence-electron chi connectivity index (χ4n) is 12.1. The van der Waals surface area contributed by atoms with Crippen molar-refractivity contribution in [1.82, 2.24) is 37.2 Å². The molecule has 12 rings (SSSR count). The third kappa shape index (κ3) is 67.7. The molecule has 50 heteroatoms. The number of carbonyl (C=O) groups is 12. The second-order valence-corrected chi connectivity index (χ2v) is 35.2. The van der Waals surface area contributed by atoms with Gasteiger partial charge in [0, 0.05) is 7.05 Å². The third-order valence-electron chi connectivity index (χ3n) is 20.3. The van der Waals surface area contributed by atoms with Crippen LogP contribution >= 0.6 is 12.4 Å². The predicted molar refractivity (Wildman–Crippen MR) is 509 cm³/mol. The van der Waals surface area contributed by atoms with Crippen molar-refractivity contribution < 1.29 is 246 Å². The zero-order chi connectivity index (χ0) is 102. The van der Waals surface area contributed by atoms with Crippen molar-refractivity contribution in [2.45, 2.75) is 217 Å². The van der Waals surface area contributed by atoms with E-state index in [0.717, 1.165) is 123 Å². The maximum absolute atomic E-state index is 11.9. The molecular formula is C93H122ClKLiN10Na3O31S3. The largest absolute Gasteiger partial charge is 0.870 e. The molecule has 6 aliphatic rings. The Kier molecular flexibility index (Phi) is 81.3. The van der Waals surface area contributed by atoms with E-state index in [9.17, 15) is 85.8 Å². The van der Waals surface area contributed by atoms with Crippen LogP contribution in [0.1, 0.15) is 156 Å². The van der Waals surface area contributed by atoms with Gasteiger partial charge in [-0.15, -0.1) is 12.4 Å². The standard InChI is InChI=1S/C16H22N2O4.C16H21NO5.C15H16N2O3.C15H19NO5.C14H17NO6S.C14H17NO3.CH5N.CN.CH4.ClH.K.Li.3Na.O4S2.H2O/c1-17-15(20)14(19)13(9-11-7-8-11)18-16(21)22-10-12-5-3-2-4-6-12;1-21-15(19)14(18)13(9-11-7-8-11)17-16(20)22-10-12-5-3-2-4-6-12;16-9-14(18)13(8-11-6-7-11)17-15(19)20-10-12-4-2-1-3-5-12;17-13(14(18)19)12(8-10-6-7-10)16-15(20)21-9-11-4-2-1-3-5-11;16-13(22(18,19)20)12(8-10-6-7-10)15-14(17)21-9-11-4-2-1-3-5-11;16-9-13(8-11-6-7-11)15-14(17)18-10-12-4-2-1-3-5-12;2*1-2;;;;;;;;1-5(2)6(3)4;/h2-6,11,13-14,19H,7-10H2,1H3,(H,17,20)(H,18,21);2-6,11,13-14,18H,7-10H2,1H3,(H,17,20);1-5,11,13H,6-8,10H2,(H,17,19);1-5,10,12-13,17H,6-9H2,(H,16,20)(H,18,19);1-5,10,12H,6-9H2,(H,15,17)(H,18,19,20);1-5,9,11,13H,6-8,10H2,(H,15,17);2H2,1H3;;1H4;1H;;;;;;;1H2/q;;;;;;;-1;;;2*+1;;;+1;;/p-2/t2*13-,14?;13-;12-,13?;12-;13-;;;;;;;;;;;/m000000.........../s1. The molecule has 760 valence electrons. The summed E-state index contributed by atoms with van der Waals surface area (Å²) in [5.74, 6) is -0.775. The van der Waals surface area contributed by atoms with Crippen molar-refractivity contribution in [2.75, 3.05) is 21.2 Å². The Morgan fingerprint density at radius 3 is 0.916 bits per heavy atom. The van der Waals surface area contributed by atoms with Gasteiger partial charge in [-0.1, -0.05) is 266 Å². The maximum atomic E-state index is 11.9. The number of carboxylic acids is 1. The Hall–Kier alpha value is -7.79. The van der Waals surface area contributed by atoms with Crippen molar-refractivity contribution in [2.24, 2.45) is 41.2 Å². The number of aliphatic hydroxyl groups is 3. The van der Waals surface area contributed by atoms with Gasteiger partial charge in [-0.25, -0.2) is 46.8 Å². The number of aliphatic carboxylic acids is 1. The first-order chi connectivity index (χ1) is 65.7. The van der Waals surface area contributed by atoms with E-state index in [1.165, 1.54) is 64.8 Å². The van der Waals surface area contributed by atoms with Crippen LogP contribution in [0.25, 0.3) is 0 Å². The number of benzene rings is 6. The number of nitrogens with zero attached hydrogens (tertiary/aromatic N) is 2. The molecule has 3 unspecified atom stereocenters. The van der Waals surface area contributed by atoms with Crippen LogP contribution in [-0.4, -0.2) is 247 Å². The van der Waals surface area contributed by atoms with E-state index in [4.69, 9.17) is 67.5 Å². The summed E-state index contributed by atoms with van der Waals surface area (Å²) in [6.45, 7) is 5.49. The molecule has 6 fully saturated rings. The zero-order valence-electron chi connectivity index (χ0n) is 80.5. The summed E-state index contributed by atoms with van der Waals surface area (Å²) in [7, 11) is -6.84. The molecule has 143 heavy (non-hydrogen) atoms. The minimum Gasteiger partial charge on any atom is -0.870 e. The normalized spacial score (nSPS) is 14.5. The summed E-state index contributed by atoms with van der Waals surface area (Å²) in [5, 5.41) is 69.1. The van der Waals surface area contributed by atoms with E-state index in [1.807, 2.05) is 158 Å². The SMILES string of the molecule is C.CN.CNC(=O)C(O)[C@H](CC1CC1)NC(=O)OCc1ccccc1.COC(=O)C(O)[C@H](CC1CC1)NC(=O)OCc1ccccc1.Cl.N#CC(=O)[C@H](CC1CC1)NC(=O)OCc1ccccc1.O=C(N[C@@H](CC1CC1)C(=O)S(=O)(=O)[O-])OCc1ccccc1.O=C(N[C@@H](CC1CC1)C(O)C(=O)O)OCc1ccccc1.O=C[C@H](CC1CC1)NC(=O)OCc1ccccc1.O=S(=O)=S(=O)=O.[C-]#N.[K+].[Li+].[Na+].[Na][Na].[OH-]. The fraction of sp³-hybridized carbons (Fsp3) is 0.462. The molecule has 0 saturated heterocycles. The molecule has 6 aromatic rings. The number of nitrogens with one attached hydrogen (secondary N) is 7. The number of carbonyl (C=O) groups excluding carboxylic acids is 11. The van der Waals surface area contributed by atoms with Gasteiger partial charge in [0.25, 0.3) is 16.8 Å². The van der Waals surface area contributed by atoms with Crippen LogP contribution in [0, 0.1) is 58.7 Å². The van der Waals surface area contributed by atoms with Crippen LogP contribution in [0.15, 0.2) is 182 Å². The van der Waals surface area contributed by atoms with Crippen LogP contribution in [0.2, 0.25) is 0 Å². The molecule has 0 heterocycles. The van der Waals surface area contributed by atoms with Crippen molar-refractivity contribution >= 4 is 156 Å². The Bertz CT molecular complexity index is 5030. The number of halogens is 1.